The zero-order valence-corrected chi connectivity index (χ0v) is 13.1. The Kier molecular flexibility index (Phi) is 4.32. The van der Waals surface area contributed by atoms with Gasteiger partial charge in [-0.1, -0.05) is 0 Å². The highest BCUT2D eigenvalue weighted by atomic mass is 16.6. The van der Waals surface area contributed by atoms with Gasteiger partial charge in [-0.3, -0.25) is 14.5 Å². The highest BCUT2D eigenvalue weighted by molar-refractivity contribution is 5.99. The third kappa shape index (κ3) is 3.36. The minimum atomic E-state index is -0.416. The lowest BCUT2D eigenvalue weighted by Crippen LogP contribution is -2.33. The van der Waals surface area contributed by atoms with Crippen LogP contribution in [0.2, 0.25) is 0 Å². The lowest BCUT2D eigenvalue weighted by Gasteiger charge is -2.15. The van der Waals surface area contributed by atoms with E-state index in [2.05, 4.69) is 5.32 Å². The van der Waals surface area contributed by atoms with Crippen LogP contribution in [-0.2, 0) is 16.0 Å². The van der Waals surface area contributed by atoms with Crippen molar-refractivity contribution in [2.45, 2.75) is 38.7 Å². The molecule has 0 aromatic heterocycles. The van der Waals surface area contributed by atoms with E-state index < -0.39 is 6.09 Å². The smallest absolute Gasteiger partial charge is 0.414 e. The van der Waals surface area contributed by atoms with Crippen LogP contribution in [-0.4, -0.2) is 37.0 Å². The van der Waals surface area contributed by atoms with Gasteiger partial charge in [0.1, 0.15) is 6.10 Å². The van der Waals surface area contributed by atoms with Gasteiger partial charge in [0, 0.05) is 24.6 Å². The van der Waals surface area contributed by atoms with Gasteiger partial charge in [-0.25, -0.2) is 4.79 Å². The van der Waals surface area contributed by atoms with Crippen molar-refractivity contribution in [2.75, 3.05) is 18.0 Å². The molecule has 1 aliphatic carbocycles. The van der Waals surface area contributed by atoms with E-state index in [0.717, 1.165) is 36.1 Å². The van der Waals surface area contributed by atoms with Crippen LogP contribution < -0.4 is 10.2 Å². The molecule has 1 saturated heterocycles. The van der Waals surface area contributed by atoms with Crippen LogP contribution in [0, 0.1) is 0 Å². The molecule has 2 amide bonds. The van der Waals surface area contributed by atoms with Gasteiger partial charge < -0.3 is 10.1 Å². The zero-order valence-electron chi connectivity index (χ0n) is 13.1. The molecule has 0 bridgehead atoms. The van der Waals surface area contributed by atoms with Crippen LogP contribution in [0.4, 0.5) is 10.5 Å². The number of ether oxygens (including phenoxy) is 1. The molecule has 1 heterocycles. The van der Waals surface area contributed by atoms with Gasteiger partial charge in [0.25, 0.3) is 0 Å². The summed E-state index contributed by atoms with van der Waals surface area (Å²) in [7, 11) is 0. The minimum absolute atomic E-state index is 0.150. The summed E-state index contributed by atoms with van der Waals surface area (Å²) < 4.78 is 5.27. The predicted molar refractivity (Wildman–Crippen MR) is 84.6 cm³/mol. The standard InChI is InChI=1S/C17H20N2O4/c1-11(20)18-9-14-10-19(17(22)23-14)13-6-7-15-12(8-13)4-2-3-5-16(15)21/h6-8,14H,2-5,9-10H2,1H3,(H,18,20). The number of aryl methyl sites for hydroxylation is 1. The number of ketones is 1. The van der Waals surface area contributed by atoms with Gasteiger partial charge in [-0.2, -0.15) is 0 Å². The van der Waals surface area contributed by atoms with Crippen LogP contribution in [0.3, 0.4) is 0 Å². The number of hydrogen-bond donors (Lipinski definition) is 1. The molecule has 2 aliphatic rings. The first-order chi connectivity index (χ1) is 11.0. The number of hydrogen-bond acceptors (Lipinski definition) is 4. The summed E-state index contributed by atoms with van der Waals surface area (Å²) in [5, 5.41) is 2.66. The molecule has 122 valence electrons. The van der Waals surface area contributed by atoms with Gasteiger partial charge in [0.05, 0.1) is 13.1 Å². The Bertz CT molecular complexity index is 656. The van der Waals surface area contributed by atoms with Gasteiger partial charge in [0.15, 0.2) is 5.78 Å². The number of fused-ring (bicyclic) bond motifs is 1. The van der Waals surface area contributed by atoms with Crippen LogP contribution in [0.15, 0.2) is 18.2 Å². The summed E-state index contributed by atoms with van der Waals surface area (Å²) in [6.07, 6.45) is 2.57. The molecule has 0 radical (unpaired) electrons. The maximum absolute atomic E-state index is 12.1. The molecule has 6 heteroatoms. The Morgan fingerprint density at radius 2 is 2.09 bits per heavy atom. The number of benzene rings is 1. The molecule has 23 heavy (non-hydrogen) atoms. The summed E-state index contributed by atoms with van der Waals surface area (Å²) in [6.45, 7) is 2.13. The number of carbonyl (C=O) groups is 3. The first-order valence-electron chi connectivity index (χ1n) is 7.93. The molecule has 3 rings (SSSR count). The normalized spacial score (nSPS) is 20.7. The second kappa shape index (κ2) is 6.40. The molecule has 1 aromatic carbocycles. The maximum Gasteiger partial charge on any atom is 0.414 e. The fraction of sp³-hybridized carbons (Fsp3) is 0.471. The number of rotatable bonds is 3. The quantitative estimate of drug-likeness (QED) is 0.866. The number of carbonyl (C=O) groups excluding carboxylic acids is 3. The van der Waals surface area contributed by atoms with Crippen molar-refractivity contribution in [3.05, 3.63) is 29.3 Å². The highest BCUT2D eigenvalue weighted by Gasteiger charge is 2.32. The average Bonchev–Trinajstić information content (AvgIpc) is 2.79. The van der Waals surface area contributed by atoms with Gasteiger partial charge in [-0.05, 0) is 43.0 Å². The zero-order chi connectivity index (χ0) is 16.4. The van der Waals surface area contributed by atoms with Crippen LogP contribution in [0.5, 0.6) is 0 Å². The molecule has 1 atom stereocenters. The number of anilines is 1. The van der Waals surface area contributed by atoms with Crippen molar-refractivity contribution in [3.63, 3.8) is 0 Å². The Labute approximate surface area is 134 Å². The van der Waals surface area contributed by atoms with E-state index in [9.17, 15) is 14.4 Å². The van der Waals surface area contributed by atoms with Crippen LogP contribution in [0.1, 0.15) is 42.1 Å². The molecule has 0 spiro atoms. The number of cyclic esters (lactones) is 1. The molecular weight excluding hydrogens is 296 g/mol. The fourth-order valence-electron chi connectivity index (χ4n) is 3.06. The Hall–Kier alpha value is -2.37. The van der Waals surface area contributed by atoms with Gasteiger partial charge >= 0.3 is 6.09 Å². The van der Waals surface area contributed by atoms with Crippen molar-refractivity contribution in [3.8, 4) is 0 Å². The van der Waals surface area contributed by atoms with E-state index in [1.54, 1.807) is 11.0 Å². The summed E-state index contributed by atoms with van der Waals surface area (Å²) in [6, 6.07) is 5.53. The molecule has 1 aliphatic heterocycles. The molecule has 1 unspecified atom stereocenters. The first kappa shape index (κ1) is 15.5. The number of nitrogens with zero attached hydrogens (tertiary/aromatic N) is 1. The molecule has 0 saturated carbocycles. The van der Waals surface area contributed by atoms with Crippen molar-refractivity contribution < 1.29 is 19.1 Å². The third-order valence-corrected chi connectivity index (χ3v) is 4.25. The van der Waals surface area contributed by atoms with E-state index in [4.69, 9.17) is 4.74 Å². The summed E-state index contributed by atoms with van der Waals surface area (Å²) in [5.74, 6) is 0.0274. The summed E-state index contributed by atoms with van der Waals surface area (Å²) >= 11 is 0. The minimum Gasteiger partial charge on any atom is -0.442 e. The molecule has 1 N–H and O–H groups in total. The molecule has 6 nitrogen and oxygen atoms in total. The van der Waals surface area contributed by atoms with Gasteiger partial charge in [-0.15, -0.1) is 0 Å². The van der Waals surface area contributed by atoms with Crippen molar-refractivity contribution in [1.82, 2.24) is 5.32 Å². The first-order valence-corrected chi connectivity index (χ1v) is 7.93. The molecule has 1 aromatic rings. The van der Waals surface area contributed by atoms with Gasteiger partial charge in [0.2, 0.25) is 5.91 Å². The Balaban J connectivity index is 1.77. The summed E-state index contributed by atoms with van der Waals surface area (Å²) in [4.78, 5) is 36.6. The summed E-state index contributed by atoms with van der Waals surface area (Å²) in [5.41, 5.74) is 2.52. The average molecular weight is 316 g/mol. The second-order valence-electron chi connectivity index (χ2n) is 6.03. The SMILES string of the molecule is CC(=O)NCC1CN(c2ccc3c(c2)CCCCC3=O)C(=O)O1. The monoisotopic (exact) mass is 316 g/mol. The highest BCUT2D eigenvalue weighted by Crippen LogP contribution is 2.28. The molecular formula is C17H20N2O4. The Morgan fingerprint density at radius 3 is 2.87 bits per heavy atom. The topological polar surface area (TPSA) is 75.7 Å². The van der Waals surface area contributed by atoms with E-state index in [-0.39, 0.29) is 17.8 Å². The molecule has 1 fully saturated rings. The Morgan fingerprint density at radius 1 is 1.30 bits per heavy atom. The van der Waals surface area contributed by atoms with Crippen molar-refractivity contribution in [2.24, 2.45) is 0 Å². The van der Waals surface area contributed by atoms with Crippen LogP contribution in [0.25, 0.3) is 0 Å². The number of amides is 2. The largest absolute Gasteiger partial charge is 0.442 e. The van der Waals surface area contributed by atoms with E-state index in [0.29, 0.717) is 19.5 Å². The fourth-order valence-corrected chi connectivity index (χ4v) is 3.06. The third-order valence-electron chi connectivity index (χ3n) is 4.25. The predicted octanol–water partition coefficient (Wildman–Crippen LogP) is 2.06. The lowest BCUT2D eigenvalue weighted by atomic mass is 10.0. The number of Topliss-reactive ketones (excluding diaryl/α,β-unsaturated/α-hetero) is 1. The van der Waals surface area contributed by atoms with E-state index in [1.165, 1.54) is 6.92 Å². The maximum atomic E-state index is 12.1. The number of nitrogens with one attached hydrogen (secondary N) is 1. The van der Waals surface area contributed by atoms with E-state index >= 15 is 0 Å². The van der Waals surface area contributed by atoms with E-state index in [1.807, 2.05) is 12.1 Å². The lowest BCUT2D eigenvalue weighted by molar-refractivity contribution is -0.119. The van der Waals surface area contributed by atoms with Crippen molar-refractivity contribution in [1.29, 1.82) is 0 Å². The van der Waals surface area contributed by atoms with Crippen molar-refractivity contribution >= 4 is 23.5 Å². The second-order valence-corrected chi connectivity index (χ2v) is 6.03. The van der Waals surface area contributed by atoms with Crippen LogP contribution >= 0.6 is 0 Å².